The molecule has 3 heteroatoms. The molecule has 3 nitrogen and oxygen atoms in total. The van der Waals surface area contributed by atoms with E-state index in [-0.39, 0.29) is 0 Å². The number of aryl methyl sites for hydroxylation is 3. The van der Waals surface area contributed by atoms with Crippen LogP contribution in [0.1, 0.15) is 24.0 Å². The van der Waals surface area contributed by atoms with Crippen LogP contribution in [-0.4, -0.2) is 14.6 Å². The molecular weight excluding hydrogens is 162 g/mol. The fourth-order valence-electron chi connectivity index (χ4n) is 1.68. The van der Waals surface area contributed by atoms with Crippen LogP contribution in [0.25, 0.3) is 5.65 Å². The van der Waals surface area contributed by atoms with Crippen molar-refractivity contribution in [3.8, 4) is 0 Å². The van der Waals surface area contributed by atoms with E-state index in [1.807, 2.05) is 0 Å². The lowest BCUT2D eigenvalue weighted by Gasteiger charge is -2.02. The maximum atomic E-state index is 4.13. The molecule has 0 N–H and O–H groups in total. The van der Waals surface area contributed by atoms with Crippen molar-refractivity contribution < 1.29 is 0 Å². The number of rotatable bonds is 1. The zero-order valence-corrected chi connectivity index (χ0v) is 8.20. The Hall–Kier alpha value is -1.38. The van der Waals surface area contributed by atoms with Crippen LogP contribution in [0.5, 0.6) is 0 Å². The molecule has 0 fully saturated rings. The van der Waals surface area contributed by atoms with Crippen LogP contribution in [0.4, 0.5) is 0 Å². The van der Waals surface area contributed by atoms with Gasteiger partial charge < -0.3 is 0 Å². The zero-order valence-electron chi connectivity index (χ0n) is 8.20. The maximum Gasteiger partial charge on any atom is 0.161 e. The second-order valence-corrected chi connectivity index (χ2v) is 3.34. The van der Waals surface area contributed by atoms with Gasteiger partial charge in [0.1, 0.15) is 5.82 Å². The van der Waals surface area contributed by atoms with Gasteiger partial charge in [-0.3, -0.25) is 4.40 Å². The van der Waals surface area contributed by atoms with Crippen molar-refractivity contribution in [3.63, 3.8) is 0 Å². The number of hydrogen-bond donors (Lipinski definition) is 0. The standard InChI is InChI=1S/C10H13N3/c1-4-9-11-12-10-6-7(2)5-8(3)13(9)10/h5-6H,4H2,1-3H3. The summed E-state index contributed by atoms with van der Waals surface area (Å²) in [6, 6.07) is 4.20. The van der Waals surface area contributed by atoms with Crippen LogP contribution in [0, 0.1) is 13.8 Å². The smallest absolute Gasteiger partial charge is 0.161 e. The number of pyridine rings is 1. The highest BCUT2D eigenvalue weighted by molar-refractivity contribution is 5.43. The number of aromatic nitrogens is 3. The molecule has 2 aromatic rings. The van der Waals surface area contributed by atoms with Crippen molar-refractivity contribution >= 4 is 5.65 Å². The third-order valence-electron chi connectivity index (χ3n) is 2.22. The minimum atomic E-state index is 0.922. The summed E-state index contributed by atoms with van der Waals surface area (Å²) in [6.45, 7) is 6.26. The second kappa shape index (κ2) is 2.83. The molecule has 0 aromatic carbocycles. The van der Waals surface area contributed by atoms with Crippen molar-refractivity contribution in [2.24, 2.45) is 0 Å². The van der Waals surface area contributed by atoms with E-state index in [4.69, 9.17) is 0 Å². The van der Waals surface area contributed by atoms with Gasteiger partial charge in [-0.15, -0.1) is 10.2 Å². The first-order chi connectivity index (χ1) is 6.22. The average molecular weight is 175 g/mol. The summed E-state index contributed by atoms with van der Waals surface area (Å²) in [5, 5.41) is 8.25. The minimum Gasteiger partial charge on any atom is -0.284 e. The van der Waals surface area contributed by atoms with Crippen molar-refractivity contribution in [3.05, 3.63) is 29.2 Å². The highest BCUT2D eigenvalue weighted by Crippen LogP contribution is 2.11. The third-order valence-corrected chi connectivity index (χ3v) is 2.22. The topological polar surface area (TPSA) is 30.2 Å². The first-order valence-electron chi connectivity index (χ1n) is 4.53. The molecule has 68 valence electrons. The summed E-state index contributed by atoms with van der Waals surface area (Å²) in [5.74, 6) is 1.03. The van der Waals surface area contributed by atoms with Crippen LogP contribution in [0.15, 0.2) is 12.1 Å². The quantitative estimate of drug-likeness (QED) is 0.662. The van der Waals surface area contributed by atoms with Gasteiger partial charge in [0.2, 0.25) is 0 Å². The first kappa shape index (κ1) is 8.23. The molecule has 0 radical (unpaired) electrons. The molecule has 0 unspecified atom stereocenters. The van der Waals surface area contributed by atoms with Gasteiger partial charge in [0, 0.05) is 12.1 Å². The van der Waals surface area contributed by atoms with Gasteiger partial charge >= 0.3 is 0 Å². The highest BCUT2D eigenvalue weighted by atomic mass is 15.2. The molecule has 0 atom stereocenters. The van der Waals surface area contributed by atoms with Crippen LogP contribution < -0.4 is 0 Å². The van der Waals surface area contributed by atoms with Crippen LogP contribution in [0.3, 0.4) is 0 Å². The van der Waals surface area contributed by atoms with Crippen LogP contribution in [0.2, 0.25) is 0 Å². The molecule has 0 aliphatic heterocycles. The number of nitrogens with zero attached hydrogens (tertiary/aromatic N) is 3. The SMILES string of the molecule is CCc1nnc2cc(C)cc(C)n12. The molecule has 13 heavy (non-hydrogen) atoms. The zero-order chi connectivity index (χ0) is 9.42. The Kier molecular flexibility index (Phi) is 1.79. The molecule has 2 rings (SSSR count). The molecular formula is C10H13N3. The monoisotopic (exact) mass is 175 g/mol. The molecule has 0 aliphatic rings. The van der Waals surface area contributed by atoms with E-state index >= 15 is 0 Å². The fraction of sp³-hybridized carbons (Fsp3) is 0.400. The Morgan fingerprint density at radius 2 is 2.00 bits per heavy atom. The lowest BCUT2D eigenvalue weighted by molar-refractivity contribution is 0.891. The fourth-order valence-corrected chi connectivity index (χ4v) is 1.68. The van der Waals surface area contributed by atoms with Crippen molar-refractivity contribution in [2.45, 2.75) is 27.2 Å². The lowest BCUT2D eigenvalue weighted by atomic mass is 10.2. The van der Waals surface area contributed by atoms with Gasteiger partial charge in [-0.05, 0) is 31.5 Å². The predicted octanol–water partition coefficient (Wildman–Crippen LogP) is 1.91. The molecule has 0 saturated carbocycles. The third kappa shape index (κ3) is 1.20. The Morgan fingerprint density at radius 3 is 2.69 bits per heavy atom. The number of hydrogen-bond acceptors (Lipinski definition) is 2. The molecule has 0 amide bonds. The van der Waals surface area contributed by atoms with E-state index < -0.39 is 0 Å². The summed E-state index contributed by atoms with van der Waals surface area (Å²) in [4.78, 5) is 0. The molecule has 0 saturated heterocycles. The van der Waals surface area contributed by atoms with Crippen LogP contribution in [-0.2, 0) is 6.42 Å². The summed E-state index contributed by atoms with van der Waals surface area (Å²) < 4.78 is 2.10. The highest BCUT2D eigenvalue weighted by Gasteiger charge is 2.05. The van der Waals surface area contributed by atoms with E-state index in [2.05, 4.69) is 47.5 Å². The minimum absolute atomic E-state index is 0.922. The van der Waals surface area contributed by atoms with Gasteiger partial charge in [-0.1, -0.05) is 6.92 Å². The second-order valence-electron chi connectivity index (χ2n) is 3.34. The van der Waals surface area contributed by atoms with Crippen molar-refractivity contribution in [1.29, 1.82) is 0 Å². The van der Waals surface area contributed by atoms with E-state index in [0.717, 1.165) is 17.9 Å². The average Bonchev–Trinajstić information content (AvgIpc) is 2.47. The Balaban J connectivity index is 2.82. The normalized spacial score (nSPS) is 11.0. The summed E-state index contributed by atoms with van der Waals surface area (Å²) in [5.41, 5.74) is 3.39. The molecule has 0 bridgehead atoms. The Bertz CT molecular complexity index is 443. The number of fused-ring (bicyclic) bond motifs is 1. The molecule has 2 heterocycles. The van der Waals surface area contributed by atoms with E-state index in [1.54, 1.807) is 0 Å². The Morgan fingerprint density at radius 1 is 1.23 bits per heavy atom. The molecule has 0 spiro atoms. The summed E-state index contributed by atoms with van der Waals surface area (Å²) >= 11 is 0. The molecule has 0 aliphatic carbocycles. The van der Waals surface area contributed by atoms with Gasteiger partial charge in [-0.25, -0.2) is 0 Å². The summed E-state index contributed by atoms with van der Waals surface area (Å²) in [6.07, 6.45) is 0.922. The molecule has 2 aromatic heterocycles. The van der Waals surface area contributed by atoms with Gasteiger partial charge in [0.25, 0.3) is 0 Å². The largest absolute Gasteiger partial charge is 0.284 e. The first-order valence-corrected chi connectivity index (χ1v) is 4.53. The maximum absolute atomic E-state index is 4.13. The van der Waals surface area contributed by atoms with Crippen molar-refractivity contribution in [2.75, 3.05) is 0 Å². The van der Waals surface area contributed by atoms with E-state index in [1.165, 1.54) is 11.3 Å². The lowest BCUT2D eigenvalue weighted by Crippen LogP contribution is -1.97. The van der Waals surface area contributed by atoms with Gasteiger partial charge in [0.05, 0.1) is 0 Å². The van der Waals surface area contributed by atoms with E-state index in [9.17, 15) is 0 Å². The predicted molar refractivity (Wildman–Crippen MR) is 51.8 cm³/mol. The van der Waals surface area contributed by atoms with Crippen LogP contribution >= 0.6 is 0 Å². The summed E-state index contributed by atoms with van der Waals surface area (Å²) in [7, 11) is 0. The van der Waals surface area contributed by atoms with Gasteiger partial charge in [-0.2, -0.15) is 0 Å². The van der Waals surface area contributed by atoms with E-state index in [0.29, 0.717) is 0 Å². The van der Waals surface area contributed by atoms with Crippen molar-refractivity contribution in [1.82, 2.24) is 14.6 Å². The van der Waals surface area contributed by atoms with Gasteiger partial charge in [0.15, 0.2) is 5.65 Å². The Labute approximate surface area is 77.4 Å².